The summed E-state index contributed by atoms with van der Waals surface area (Å²) in [5.41, 5.74) is 0. The Bertz CT molecular complexity index is 278. The highest BCUT2D eigenvalue weighted by Crippen LogP contribution is 2.20. The van der Waals surface area contributed by atoms with Crippen LogP contribution in [0.3, 0.4) is 0 Å². The van der Waals surface area contributed by atoms with Crippen molar-refractivity contribution < 1.29 is 14.3 Å². The second-order valence-electron chi connectivity index (χ2n) is 4.82. The Morgan fingerprint density at radius 2 is 2.06 bits per heavy atom. The van der Waals surface area contributed by atoms with Crippen molar-refractivity contribution in [3.05, 3.63) is 0 Å². The molecule has 1 amide bonds. The third kappa shape index (κ3) is 4.11. The molecule has 1 fully saturated rings. The first-order valence-electron chi connectivity index (χ1n) is 6.39. The standard InChI is InChI=1S/C13H23NO3/c1-10(15)9-12-7-5-4-6-8-14(12)13(16)11(2)17-3/h11-12H,4-9H2,1-3H3. The van der Waals surface area contributed by atoms with E-state index in [0.717, 1.165) is 32.2 Å². The lowest BCUT2D eigenvalue weighted by Gasteiger charge is -2.31. The lowest BCUT2D eigenvalue weighted by molar-refractivity contribution is -0.143. The van der Waals surface area contributed by atoms with Crippen molar-refractivity contribution in [2.75, 3.05) is 13.7 Å². The monoisotopic (exact) mass is 241 g/mol. The Balaban J connectivity index is 2.73. The molecule has 0 aromatic rings. The highest BCUT2D eigenvalue weighted by molar-refractivity contribution is 5.82. The van der Waals surface area contributed by atoms with Crippen LogP contribution in [0.5, 0.6) is 0 Å². The summed E-state index contributed by atoms with van der Waals surface area (Å²) in [5, 5.41) is 0. The number of amides is 1. The van der Waals surface area contributed by atoms with Crippen molar-refractivity contribution in [1.82, 2.24) is 4.90 Å². The first kappa shape index (κ1) is 14.2. The van der Waals surface area contributed by atoms with Crippen molar-refractivity contribution >= 4 is 11.7 Å². The molecule has 1 rings (SSSR count). The fourth-order valence-electron chi connectivity index (χ4n) is 2.35. The summed E-state index contributed by atoms with van der Waals surface area (Å²) in [4.78, 5) is 25.3. The van der Waals surface area contributed by atoms with Crippen LogP contribution in [0.1, 0.15) is 46.0 Å². The molecule has 2 unspecified atom stereocenters. The van der Waals surface area contributed by atoms with Crippen molar-refractivity contribution in [1.29, 1.82) is 0 Å². The molecule has 4 heteroatoms. The Morgan fingerprint density at radius 1 is 1.35 bits per heavy atom. The Labute approximate surface area is 103 Å². The van der Waals surface area contributed by atoms with E-state index in [-0.39, 0.29) is 17.7 Å². The number of rotatable bonds is 4. The van der Waals surface area contributed by atoms with Crippen molar-refractivity contribution in [2.45, 2.75) is 58.1 Å². The van der Waals surface area contributed by atoms with Gasteiger partial charge in [-0.25, -0.2) is 0 Å². The van der Waals surface area contributed by atoms with E-state index in [4.69, 9.17) is 4.74 Å². The minimum atomic E-state index is -0.414. The topological polar surface area (TPSA) is 46.6 Å². The molecule has 0 aliphatic carbocycles. The molecule has 98 valence electrons. The number of ketones is 1. The highest BCUT2D eigenvalue weighted by Gasteiger charge is 2.29. The van der Waals surface area contributed by atoms with E-state index in [2.05, 4.69) is 0 Å². The van der Waals surface area contributed by atoms with Gasteiger partial charge in [0.25, 0.3) is 5.91 Å². The summed E-state index contributed by atoms with van der Waals surface area (Å²) < 4.78 is 5.08. The van der Waals surface area contributed by atoms with Gasteiger partial charge in [-0.2, -0.15) is 0 Å². The zero-order valence-electron chi connectivity index (χ0n) is 11.1. The quantitative estimate of drug-likeness (QED) is 0.753. The number of methoxy groups -OCH3 is 1. The van der Waals surface area contributed by atoms with E-state index in [1.165, 1.54) is 0 Å². The van der Waals surface area contributed by atoms with Crippen LogP contribution in [0.4, 0.5) is 0 Å². The van der Waals surface area contributed by atoms with Crippen molar-refractivity contribution in [3.63, 3.8) is 0 Å². The molecular formula is C13H23NO3. The van der Waals surface area contributed by atoms with Crippen LogP contribution >= 0.6 is 0 Å². The summed E-state index contributed by atoms with van der Waals surface area (Å²) in [5.74, 6) is 0.167. The molecule has 1 heterocycles. The third-order valence-electron chi connectivity index (χ3n) is 3.38. The van der Waals surface area contributed by atoms with Crippen molar-refractivity contribution in [2.24, 2.45) is 0 Å². The average molecular weight is 241 g/mol. The zero-order valence-corrected chi connectivity index (χ0v) is 11.1. The number of carbonyl (C=O) groups is 2. The van der Waals surface area contributed by atoms with Crippen LogP contribution in [0.15, 0.2) is 0 Å². The molecule has 4 nitrogen and oxygen atoms in total. The highest BCUT2D eigenvalue weighted by atomic mass is 16.5. The Hall–Kier alpha value is -0.900. The van der Waals surface area contributed by atoms with Crippen LogP contribution < -0.4 is 0 Å². The molecule has 0 N–H and O–H groups in total. The maximum Gasteiger partial charge on any atom is 0.251 e. The second-order valence-corrected chi connectivity index (χ2v) is 4.82. The Kier molecular flexibility index (Phi) is 5.62. The number of Topliss-reactive ketones (excluding diaryl/α,β-unsaturated/α-hetero) is 1. The largest absolute Gasteiger partial charge is 0.372 e. The summed E-state index contributed by atoms with van der Waals surface area (Å²) in [6, 6.07) is 0.0695. The number of carbonyl (C=O) groups excluding carboxylic acids is 2. The number of nitrogens with zero attached hydrogens (tertiary/aromatic N) is 1. The summed E-state index contributed by atoms with van der Waals surface area (Å²) in [6.07, 6.45) is 4.26. The van der Waals surface area contributed by atoms with Gasteiger partial charge in [0.2, 0.25) is 0 Å². The average Bonchev–Trinajstić information content (AvgIpc) is 2.51. The van der Waals surface area contributed by atoms with Crippen LogP contribution in [0.25, 0.3) is 0 Å². The maximum absolute atomic E-state index is 12.2. The molecule has 1 aliphatic rings. The van der Waals surface area contributed by atoms with Crippen molar-refractivity contribution in [3.8, 4) is 0 Å². The fraction of sp³-hybridized carbons (Fsp3) is 0.846. The molecule has 2 atom stereocenters. The summed E-state index contributed by atoms with van der Waals surface area (Å²) >= 11 is 0. The van der Waals surface area contributed by atoms with E-state index in [0.29, 0.717) is 6.42 Å². The number of likely N-dealkylation sites (tertiary alicyclic amines) is 1. The normalized spacial score (nSPS) is 23.0. The lowest BCUT2D eigenvalue weighted by Crippen LogP contribution is -2.45. The van der Waals surface area contributed by atoms with Crippen LogP contribution in [-0.4, -0.2) is 42.4 Å². The first-order chi connectivity index (χ1) is 8.06. The number of hydrogen-bond acceptors (Lipinski definition) is 3. The molecule has 0 saturated carbocycles. The lowest BCUT2D eigenvalue weighted by atomic mass is 10.0. The van der Waals surface area contributed by atoms with Gasteiger partial charge in [0, 0.05) is 26.1 Å². The molecule has 0 radical (unpaired) electrons. The molecule has 1 saturated heterocycles. The van der Waals surface area contributed by atoms with E-state index < -0.39 is 6.10 Å². The summed E-state index contributed by atoms with van der Waals surface area (Å²) in [6.45, 7) is 4.11. The van der Waals surface area contributed by atoms with Gasteiger partial charge in [0.1, 0.15) is 11.9 Å². The smallest absolute Gasteiger partial charge is 0.251 e. The van der Waals surface area contributed by atoms with Crippen LogP contribution in [0, 0.1) is 0 Å². The van der Waals surface area contributed by atoms with Gasteiger partial charge in [0.05, 0.1) is 0 Å². The summed E-state index contributed by atoms with van der Waals surface area (Å²) in [7, 11) is 1.54. The van der Waals surface area contributed by atoms with Gasteiger partial charge < -0.3 is 9.64 Å². The van der Waals surface area contributed by atoms with Gasteiger partial charge >= 0.3 is 0 Å². The molecule has 0 aromatic heterocycles. The minimum Gasteiger partial charge on any atom is -0.372 e. The van der Waals surface area contributed by atoms with Gasteiger partial charge in [-0.3, -0.25) is 9.59 Å². The molecule has 17 heavy (non-hydrogen) atoms. The van der Waals surface area contributed by atoms with E-state index >= 15 is 0 Å². The molecular weight excluding hydrogens is 218 g/mol. The number of ether oxygens (including phenoxy) is 1. The van der Waals surface area contributed by atoms with E-state index in [1.807, 2.05) is 4.90 Å². The maximum atomic E-state index is 12.2. The van der Waals surface area contributed by atoms with Crippen LogP contribution in [0.2, 0.25) is 0 Å². The predicted octanol–water partition coefficient (Wildman–Crippen LogP) is 1.77. The second kappa shape index (κ2) is 6.74. The SMILES string of the molecule is COC(C)C(=O)N1CCCCCC1CC(C)=O. The van der Waals surface area contributed by atoms with Gasteiger partial charge in [-0.15, -0.1) is 0 Å². The van der Waals surface area contributed by atoms with Crippen LogP contribution in [-0.2, 0) is 14.3 Å². The zero-order chi connectivity index (χ0) is 12.8. The van der Waals surface area contributed by atoms with E-state index in [9.17, 15) is 9.59 Å². The molecule has 0 aromatic carbocycles. The van der Waals surface area contributed by atoms with Gasteiger partial charge in [-0.05, 0) is 26.7 Å². The molecule has 0 spiro atoms. The number of hydrogen-bond donors (Lipinski definition) is 0. The predicted molar refractivity (Wildman–Crippen MR) is 65.7 cm³/mol. The third-order valence-corrected chi connectivity index (χ3v) is 3.38. The van der Waals surface area contributed by atoms with Gasteiger partial charge in [-0.1, -0.05) is 12.8 Å². The molecule has 0 bridgehead atoms. The molecule has 1 aliphatic heterocycles. The Morgan fingerprint density at radius 3 is 2.65 bits per heavy atom. The fourth-order valence-corrected chi connectivity index (χ4v) is 2.35. The van der Waals surface area contributed by atoms with Gasteiger partial charge in [0.15, 0.2) is 0 Å². The minimum absolute atomic E-state index is 0.0145. The first-order valence-corrected chi connectivity index (χ1v) is 6.39. The van der Waals surface area contributed by atoms with E-state index in [1.54, 1.807) is 21.0 Å².